The zero-order valence-corrected chi connectivity index (χ0v) is 15.1. The van der Waals surface area contributed by atoms with Crippen molar-refractivity contribution in [2.45, 2.75) is 12.7 Å². The van der Waals surface area contributed by atoms with Gasteiger partial charge in [0.25, 0.3) is 5.91 Å². The third-order valence-electron chi connectivity index (χ3n) is 4.54. The van der Waals surface area contributed by atoms with E-state index in [1.807, 2.05) is 0 Å². The number of halogens is 3. The van der Waals surface area contributed by atoms with Crippen LogP contribution in [0.4, 0.5) is 13.2 Å². The molecule has 8 heteroatoms. The quantitative estimate of drug-likeness (QED) is 0.784. The lowest BCUT2D eigenvalue weighted by molar-refractivity contribution is -0.0498. The van der Waals surface area contributed by atoms with Crippen molar-refractivity contribution in [1.82, 2.24) is 10.2 Å². The summed E-state index contributed by atoms with van der Waals surface area (Å²) >= 11 is 0. The van der Waals surface area contributed by atoms with Crippen molar-refractivity contribution in [1.29, 1.82) is 0 Å². The first-order valence-corrected chi connectivity index (χ1v) is 8.93. The number of carbonyl (C=O) groups excluding carboxylic acids is 1. The van der Waals surface area contributed by atoms with E-state index in [9.17, 15) is 18.0 Å². The number of carbonyl (C=O) groups is 1. The standard InChI is InChI=1S/C20H21F3N2O3/c21-16-5-1-14(2-6-16)18(25-9-11-27-12-10-25)13-24-19(26)15-3-7-17(8-4-15)28-20(22)23/h1-8,18,20H,9-13H2,(H,24,26). The second-order valence-corrected chi connectivity index (χ2v) is 6.33. The topological polar surface area (TPSA) is 50.8 Å². The minimum Gasteiger partial charge on any atom is -0.435 e. The summed E-state index contributed by atoms with van der Waals surface area (Å²) in [6.45, 7) is 0.00768. The number of hydrogen-bond donors (Lipinski definition) is 1. The largest absolute Gasteiger partial charge is 0.435 e. The number of hydrogen-bond acceptors (Lipinski definition) is 4. The van der Waals surface area contributed by atoms with Gasteiger partial charge in [-0.15, -0.1) is 0 Å². The van der Waals surface area contributed by atoms with Gasteiger partial charge in [-0.05, 0) is 42.0 Å². The Bertz CT molecular complexity index is 763. The smallest absolute Gasteiger partial charge is 0.387 e. The molecule has 1 aliphatic rings. The van der Waals surface area contributed by atoms with E-state index in [0.29, 0.717) is 38.4 Å². The molecule has 1 N–H and O–H groups in total. The highest BCUT2D eigenvalue weighted by Crippen LogP contribution is 2.22. The number of ether oxygens (including phenoxy) is 2. The average Bonchev–Trinajstić information content (AvgIpc) is 2.70. The lowest BCUT2D eigenvalue weighted by Gasteiger charge is -2.35. The van der Waals surface area contributed by atoms with Gasteiger partial charge in [-0.1, -0.05) is 12.1 Å². The summed E-state index contributed by atoms with van der Waals surface area (Å²) in [5, 5.41) is 2.87. The minimum atomic E-state index is -2.91. The number of amides is 1. The fraction of sp³-hybridized carbons (Fsp3) is 0.350. The molecule has 1 aliphatic heterocycles. The lowest BCUT2D eigenvalue weighted by Crippen LogP contribution is -2.43. The zero-order valence-electron chi connectivity index (χ0n) is 15.1. The van der Waals surface area contributed by atoms with Crippen LogP contribution in [0.3, 0.4) is 0 Å². The molecule has 1 fully saturated rings. The van der Waals surface area contributed by atoms with Gasteiger partial charge in [-0.25, -0.2) is 4.39 Å². The Kier molecular flexibility index (Phi) is 6.89. The molecule has 1 heterocycles. The summed E-state index contributed by atoms with van der Waals surface area (Å²) in [4.78, 5) is 14.6. The van der Waals surface area contributed by atoms with Gasteiger partial charge in [-0.2, -0.15) is 8.78 Å². The number of benzene rings is 2. The second-order valence-electron chi connectivity index (χ2n) is 6.33. The highest BCUT2D eigenvalue weighted by Gasteiger charge is 2.23. The molecule has 150 valence electrons. The van der Waals surface area contributed by atoms with Gasteiger partial charge in [0, 0.05) is 25.2 Å². The van der Waals surface area contributed by atoms with E-state index in [1.54, 1.807) is 12.1 Å². The van der Waals surface area contributed by atoms with Gasteiger partial charge in [0.1, 0.15) is 11.6 Å². The van der Waals surface area contributed by atoms with E-state index >= 15 is 0 Å². The van der Waals surface area contributed by atoms with Gasteiger partial charge >= 0.3 is 6.61 Å². The molecule has 28 heavy (non-hydrogen) atoms. The number of nitrogens with one attached hydrogen (secondary N) is 1. The number of morpholine rings is 1. The third kappa shape index (κ3) is 5.46. The molecule has 0 aromatic heterocycles. The van der Waals surface area contributed by atoms with E-state index in [1.165, 1.54) is 36.4 Å². The van der Waals surface area contributed by atoms with Crippen molar-refractivity contribution < 1.29 is 27.4 Å². The van der Waals surface area contributed by atoms with Crippen molar-refractivity contribution in [3.63, 3.8) is 0 Å². The van der Waals surface area contributed by atoms with Crippen LogP contribution in [-0.2, 0) is 4.74 Å². The highest BCUT2D eigenvalue weighted by atomic mass is 19.3. The first-order valence-electron chi connectivity index (χ1n) is 8.93. The van der Waals surface area contributed by atoms with Crippen LogP contribution in [0.15, 0.2) is 48.5 Å². The summed E-state index contributed by atoms with van der Waals surface area (Å²) in [6.07, 6.45) is 0. The van der Waals surface area contributed by atoms with Gasteiger partial charge in [0.05, 0.1) is 19.3 Å². The maximum absolute atomic E-state index is 13.3. The third-order valence-corrected chi connectivity index (χ3v) is 4.54. The molecule has 0 saturated carbocycles. The van der Waals surface area contributed by atoms with Crippen LogP contribution < -0.4 is 10.1 Å². The van der Waals surface area contributed by atoms with E-state index in [-0.39, 0.29) is 23.5 Å². The average molecular weight is 394 g/mol. The van der Waals surface area contributed by atoms with Gasteiger partial charge in [0.15, 0.2) is 0 Å². The fourth-order valence-electron chi connectivity index (χ4n) is 3.11. The summed E-state index contributed by atoms with van der Waals surface area (Å²) in [6, 6.07) is 11.6. The SMILES string of the molecule is O=C(NCC(c1ccc(F)cc1)N1CCOCC1)c1ccc(OC(F)F)cc1. The molecule has 3 rings (SSSR count). The zero-order chi connectivity index (χ0) is 19.9. The van der Waals surface area contributed by atoms with Crippen LogP contribution >= 0.6 is 0 Å². The van der Waals surface area contributed by atoms with E-state index in [2.05, 4.69) is 15.0 Å². The maximum atomic E-state index is 13.3. The maximum Gasteiger partial charge on any atom is 0.387 e. The van der Waals surface area contributed by atoms with E-state index in [0.717, 1.165) is 5.56 Å². The molecule has 1 saturated heterocycles. The van der Waals surface area contributed by atoms with Crippen molar-refractivity contribution in [3.8, 4) is 5.75 Å². The van der Waals surface area contributed by atoms with Crippen LogP contribution in [0.5, 0.6) is 5.75 Å². The Balaban J connectivity index is 1.66. The van der Waals surface area contributed by atoms with E-state index in [4.69, 9.17) is 4.74 Å². The highest BCUT2D eigenvalue weighted by molar-refractivity contribution is 5.94. The van der Waals surface area contributed by atoms with Crippen molar-refractivity contribution in [2.75, 3.05) is 32.8 Å². The van der Waals surface area contributed by atoms with Crippen molar-refractivity contribution in [2.24, 2.45) is 0 Å². The summed E-state index contributed by atoms with van der Waals surface area (Å²) in [5.41, 5.74) is 1.23. The molecule has 0 spiro atoms. The number of nitrogens with zero attached hydrogens (tertiary/aromatic N) is 1. The van der Waals surface area contributed by atoms with Crippen LogP contribution in [0.1, 0.15) is 22.0 Å². The van der Waals surface area contributed by atoms with Crippen LogP contribution in [0.2, 0.25) is 0 Å². The number of alkyl halides is 2. The minimum absolute atomic E-state index is 0.0101. The van der Waals surface area contributed by atoms with Crippen LogP contribution in [-0.4, -0.2) is 50.3 Å². The number of rotatable bonds is 7. The molecule has 0 aliphatic carbocycles. The molecule has 0 radical (unpaired) electrons. The van der Waals surface area contributed by atoms with E-state index < -0.39 is 6.61 Å². The summed E-state index contributed by atoms with van der Waals surface area (Å²) in [7, 11) is 0. The van der Waals surface area contributed by atoms with Crippen LogP contribution in [0.25, 0.3) is 0 Å². The first kappa shape index (κ1) is 20.2. The molecular formula is C20H21F3N2O3. The Morgan fingerprint density at radius 3 is 2.32 bits per heavy atom. The Morgan fingerprint density at radius 2 is 1.71 bits per heavy atom. The van der Waals surface area contributed by atoms with Crippen LogP contribution in [0, 0.1) is 5.82 Å². The second kappa shape index (κ2) is 9.57. The van der Waals surface area contributed by atoms with Crippen molar-refractivity contribution >= 4 is 5.91 Å². The molecule has 1 unspecified atom stereocenters. The molecule has 0 bridgehead atoms. The molecule has 2 aromatic carbocycles. The summed E-state index contributed by atoms with van der Waals surface area (Å²) in [5.74, 6) is -0.660. The fourth-order valence-corrected chi connectivity index (χ4v) is 3.11. The molecule has 2 aromatic rings. The Labute approximate surface area is 161 Å². The lowest BCUT2D eigenvalue weighted by atomic mass is 10.0. The Morgan fingerprint density at radius 1 is 1.07 bits per heavy atom. The van der Waals surface area contributed by atoms with Gasteiger partial charge < -0.3 is 14.8 Å². The van der Waals surface area contributed by atoms with Gasteiger partial charge in [-0.3, -0.25) is 9.69 Å². The Hall–Kier alpha value is -2.58. The molecule has 1 atom stereocenters. The summed E-state index contributed by atoms with van der Waals surface area (Å²) < 4.78 is 47.4. The predicted molar refractivity (Wildman–Crippen MR) is 96.9 cm³/mol. The molecular weight excluding hydrogens is 373 g/mol. The van der Waals surface area contributed by atoms with Gasteiger partial charge in [0.2, 0.25) is 0 Å². The normalized spacial score (nSPS) is 16.0. The monoisotopic (exact) mass is 394 g/mol. The first-order chi connectivity index (χ1) is 13.5. The van der Waals surface area contributed by atoms with Crippen molar-refractivity contribution in [3.05, 3.63) is 65.5 Å². The molecule has 5 nitrogen and oxygen atoms in total. The molecule has 1 amide bonds. The predicted octanol–water partition coefficient (Wildman–Crippen LogP) is 3.23.